The second kappa shape index (κ2) is 8.19. The SMILES string of the molecule is Cc1ccccc1Nc1nc(N2CCc3ccccc3C2C)nc(C)c1C.Cl. The molecule has 0 spiro atoms. The van der Waals surface area contributed by atoms with E-state index in [-0.39, 0.29) is 18.4 Å². The maximum Gasteiger partial charge on any atom is 0.228 e. The largest absolute Gasteiger partial charge is 0.340 e. The van der Waals surface area contributed by atoms with Gasteiger partial charge >= 0.3 is 0 Å². The number of hydrogen-bond acceptors (Lipinski definition) is 4. The van der Waals surface area contributed by atoms with Crippen molar-refractivity contribution in [2.75, 3.05) is 16.8 Å². The lowest BCUT2D eigenvalue weighted by Gasteiger charge is -2.35. The summed E-state index contributed by atoms with van der Waals surface area (Å²) < 4.78 is 0. The van der Waals surface area contributed by atoms with Crippen LogP contribution in [0.4, 0.5) is 17.5 Å². The van der Waals surface area contributed by atoms with Gasteiger partial charge in [-0.3, -0.25) is 0 Å². The summed E-state index contributed by atoms with van der Waals surface area (Å²) in [6.07, 6.45) is 1.03. The van der Waals surface area contributed by atoms with Gasteiger partial charge in [-0.05, 0) is 56.9 Å². The summed E-state index contributed by atoms with van der Waals surface area (Å²) in [5, 5.41) is 3.52. The van der Waals surface area contributed by atoms with Gasteiger partial charge in [0, 0.05) is 23.5 Å². The molecule has 2 aromatic carbocycles. The van der Waals surface area contributed by atoms with Crippen LogP contribution in [-0.2, 0) is 6.42 Å². The first kappa shape index (κ1) is 20.2. The Labute approximate surface area is 173 Å². The first-order valence-electron chi connectivity index (χ1n) is 9.57. The Morgan fingerprint density at radius 3 is 2.46 bits per heavy atom. The lowest BCUT2D eigenvalue weighted by Crippen LogP contribution is -2.35. The van der Waals surface area contributed by atoms with E-state index in [4.69, 9.17) is 9.97 Å². The number of nitrogens with one attached hydrogen (secondary N) is 1. The molecule has 0 radical (unpaired) electrons. The Kier molecular flexibility index (Phi) is 5.90. The van der Waals surface area contributed by atoms with Crippen LogP contribution >= 0.6 is 12.4 Å². The third-order valence-corrected chi connectivity index (χ3v) is 5.63. The van der Waals surface area contributed by atoms with Gasteiger partial charge in [0.2, 0.25) is 5.95 Å². The number of anilines is 3. The van der Waals surface area contributed by atoms with E-state index in [2.05, 4.69) is 80.4 Å². The summed E-state index contributed by atoms with van der Waals surface area (Å²) in [7, 11) is 0. The van der Waals surface area contributed by atoms with Crippen LogP contribution in [-0.4, -0.2) is 16.5 Å². The number of aromatic nitrogens is 2. The fraction of sp³-hybridized carbons (Fsp3) is 0.304. The second-order valence-corrected chi connectivity index (χ2v) is 7.34. The van der Waals surface area contributed by atoms with Crippen molar-refractivity contribution in [1.29, 1.82) is 0 Å². The van der Waals surface area contributed by atoms with Crippen molar-refractivity contribution >= 4 is 29.9 Å². The van der Waals surface area contributed by atoms with E-state index in [9.17, 15) is 0 Å². The van der Waals surface area contributed by atoms with Crippen molar-refractivity contribution in [3.8, 4) is 0 Å². The molecule has 1 aliphatic heterocycles. The average molecular weight is 395 g/mol. The van der Waals surface area contributed by atoms with E-state index < -0.39 is 0 Å². The maximum absolute atomic E-state index is 4.92. The number of hydrogen-bond donors (Lipinski definition) is 1. The van der Waals surface area contributed by atoms with E-state index in [1.165, 1.54) is 16.7 Å². The summed E-state index contributed by atoms with van der Waals surface area (Å²) in [5.74, 6) is 1.69. The summed E-state index contributed by atoms with van der Waals surface area (Å²) >= 11 is 0. The van der Waals surface area contributed by atoms with Crippen LogP contribution in [0.15, 0.2) is 48.5 Å². The van der Waals surface area contributed by atoms with Crippen molar-refractivity contribution in [1.82, 2.24) is 9.97 Å². The third-order valence-electron chi connectivity index (χ3n) is 5.63. The van der Waals surface area contributed by atoms with Gasteiger partial charge in [0.1, 0.15) is 5.82 Å². The van der Waals surface area contributed by atoms with Crippen molar-refractivity contribution in [2.24, 2.45) is 0 Å². The van der Waals surface area contributed by atoms with Gasteiger partial charge < -0.3 is 10.2 Å². The normalized spacial score (nSPS) is 15.6. The Balaban J connectivity index is 0.00000225. The molecule has 0 saturated heterocycles. The van der Waals surface area contributed by atoms with E-state index in [1.54, 1.807) is 0 Å². The average Bonchev–Trinajstić information content (AvgIpc) is 2.67. The quantitative estimate of drug-likeness (QED) is 0.619. The maximum atomic E-state index is 4.92. The van der Waals surface area contributed by atoms with E-state index in [0.717, 1.165) is 41.7 Å². The minimum Gasteiger partial charge on any atom is -0.340 e. The Morgan fingerprint density at radius 2 is 1.68 bits per heavy atom. The molecule has 0 aliphatic carbocycles. The molecule has 0 fully saturated rings. The molecule has 3 aromatic rings. The molecule has 146 valence electrons. The van der Waals surface area contributed by atoms with Crippen LogP contribution < -0.4 is 10.2 Å². The Bertz CT molecular complexity index is 986. The summed E-state index contributed by atoms with van der Waals surface area (Å²) in [6.45, 7) is 9.42. The number of fused-ring (bicyclic) bond motifs is 1. The molecule has 0 amide bonds. The van der Waals surface area contributed by atoms with Gasteiger partial charge in [-0.1, -0.05) is 42.5 Å². The molecule has 0 saturated carbocycles. The van der Waals surface area contributed by atoms with Crippen LogP contribution in [0.25, 0.3) is 0 Å². The lowest BCUT2D eigenvalue weighted by molar-refractivity contribution is 0.607. The molecule has 4 nitrogen and oxygen atoms in total. The molecule has 1 aromatic heterocycles. The monoisotopic (exact) mass is 394 g/mol. The first-order chi connectivity index (χ1) is 13.0. The van der Waals surface area contributed by atoms with Gasteiger partial charge in [-0.25, -0.2) is 4.98 Å². The fourth-order valence-electron chi connectivity index (χ4n) is 3.75. The van der Waals surface area contributed by atoms with Crippen LogP contribution in [0.5, 0.6) is 0 Å². The molecule has 0 bridgehead atoms. The minimum atomic E-state index is 0. The van der Waals surface area contributed by atoms with Crippen LogP contribution in [0, 0.1) is 20.8 Å². The Morgan fingerprint density at radius 1 is 0.964 bits per heavy atom. The minimum absolute atomic E-state index is 0. The van der Waals surface area contributed by atoms with E-state index >= 15 is 0 Å². The molecule has 2 heterocycles. The van der Waals surface area contributed by atoms with Crippen molar-refractivity contribution in [3.05, 3.63) is 76.5 Å². The number of nitrogens with zero attached hydrogens (tertiary/aromatic N) is 3. The fourth-order valence-corrected chi connectivity index (χ4v) is 3.75. The van der Waals surface area contributed by atoms with Gasteiger partial charge in [0.25, 0.3) is 0 Å². The highest BCUT2D eigenvalue weighted by molar-refractivity contribution is 5.85. The molecule has 1 unspecified atom stereocenters. The van der Waals surface area contributed by atoms with Gasteiger partial charge in [0.05, 0.1) is 6.04 Å². The van der Waals surface area contributed by atoms with Gasteiger partial charge in [-0.2, -0.15) is 4.98 Å². The second-order valence-electron chi connectivity index (χ2n) is 7.34. The summed E-state index contributed by atoms with van der Waals surface area (Å²) in [4.78, 5) is 12.1. The highest BCUT2D eigenvalue weighted by atomic mass is 35.5. The number of rotatable bonds is 3. The number of benzene rings is 2. The highest BCUT2D eigenvalue weighted by Crippen LogP contribution is 2.33. The summed E-state index contributed by atoms with van der Waals surface area (Å²) in [6, 6.07) is 17.3. The van der Waals surface area contributed by atoms with E-state index in [1.807, 2.05) is 6.07 Å². The van der Waals surface area contributed by atoms with E-state index in [0.29, 0.717) is 0 Å². The molecular weight excluding hydrogens is 368 g/mol. The molecule has 4 rings (SSSR count). The molecule has 1 N–H and O–H groups in total. The topological polar surface area (TPSA) is 41.1 Å². The predicted molar refractivity (Wildman–Crippen MR) is 119 cm³/mol. The predicted octanol–water partition coefficient (Wildman–Crippen LogP) is 5.69. The standard InChI is InChI=1S/C23H26N4.ClH/c1-15-9-5-8-12-21(15)25-22-16(2)17(3)24-23(26-22)27-14-13-19-10-6-7-11-20(19)18(27)4;/h5-12,18H,13-14H2,1-4H3,(H,24,25,26);1H. The molecular formula is C23H27ClN4. The van der Waals surface area contributed by atoms with Crippen LogP contribution in [0.3, 0.4) is 0 Å². The smallest absolute Gasteiger partial charge is 0.228 e. The zero-order valence-corrected chi connectivity index (χ0v) is 17.7. The van der Waals surface area contributed by atoms with Crippen molar-refractivity contribution < 1.29 is 0 Å². The molecule has 5 heteroatoms. The first-order valence-corrected chi connectivity index (χ1v) is 9.57. The zero-order chi connectivity index (χ0) is 19.0. The van der Waals surface area contributed by atoms with Gasteiger partial charge in [-0.15, -0.1) is 12.4 Å². The Hall–Kier alpha value is -2.59. The third kappa shape index (κ3) is 3.69. The number of para-hydroxylation sites is 1. The molecule has 1 aliphatic rings. The van der Waals surface area contributed by atoms with Crippen LogP contribution in [0.2, 0.25) is 0 Å². The van der Waals surface area contributed by atoms with Gasteiger partial charge in [0.15, 0.2) is 0 Å². The van der Waals surface area contributed by atoms with Crippen LogP contribution in [0.1, 0.15) is 40.9 Å². The zero-order valence-electron chi connectivity index (χ0n) is 16.9. The number of halogens is 1. The number of aryl methyl sites for hydroxylation is 2. The summed E-state index contributed by atoms with van der Waals surface area (Å²) in [5.41, 5.74) is 7.20. The van der Waals surface area contributed by atoms with Crippen molar-refractivity contribution in [2.45, 2.75) is 40.2 Å². The van der Waals surface area contributed by atoms with Crippen molar-refractivity contribution in [3.63, 3.8) is 0 Å². The molecule has 1 atom stereocenters. The highest BCUT2D eigenvalue weighted by Gasteiger charge is 2.26. The molecule has 28 heavy (non-hydrogen) atoms. The lowest BCUT2D eigenvalue weighted by atomic mass is 9.94.